The Morgan fingerprint density at radius 1 is 0.500 bits per heavy atom. The average molecular weight is 1090 g/mol. The number of carboxylic acids is 1. The number of methoxy groups -OCH3 is 2. The van der Waals surface area contributed by atoms with Crippen LogP contribution >= 0.6 is 29.8 Å². The van der Waals surface area contributed by atoms with Crippen molar-refractivity contribution < 1.29 is 37.1 Å². The summed E-state index contributed by atoms with van der Waals surface area (Å²) in [6.45, 7) is 8.64. The monoisotopic (exact) mass is 1090 g/mol. The van der Waals surface area contributed by atoms with Crippen molar-refractivity contribution in [2.45, 2.75) is 33.9 Å². The van der Waals surface area contributed by atoms with E-state index in [0.29, 0.717) is 11.5 Å². The standard InChI is InChI=1S/C63H52N2O3PS2.C2HF3O2/c1-41-19-10-14-25-50(41)64(51-26-15-11-20-42(51)2)47-35-31-45(32-36-47)58-39-56-62(70-58)61(60-54(67-5)29-18-30-55(60)68-6)63-57(69(56,66)49-23-8-7-9-24-49)40-59(71-63)46-33-37-48(38-34-46)65(52-27-16-12-21-43(52)3)53-28-17-13-22-44(53)4;3-2(4,5)1(6)7/h7-40H,1-6H3;(H,6,7)/q+1;/p-1. The summed E-state index contributed by atoms with van der Waals surface area (Å²) in [5.41, 5.74) is 14.3. The van der Waals surface area contributed by atoms with Gasteiger partial charge in [-0.15, -0.1) is 22.7 Å². The number of nitrogens with zero attached hydrogens (tertiary/aromatic N) is 2. The maximum absolute atomic E-state index is 16.8. The summed E-state index contributed by atoms with van der Waals surface area (Å²) >= 11 is 3.36. The minimum Gasteiger partial charge on any atom is -0.542 e. The number of rotatable bonds is 12. The summed E-state index contributed by atoms with van der Waals surface area (Å²) in [5, 5.41) is 11.2. The smallest absolute Gasteiger partial charge is 0.430 e. The summed E-state index contributed by atoms with van der Waals surface area (Å²) in [5.74, 6) is -0.673. The quantitative estimate of drug-likeness (QED) is 0.0890. The van der Waals surface area contributed by atoms with Crippen LogP contribution in [0.3, 0.4) is 0 Å². The van der Waals surface area contributed by atoms with Crippen molar-refractivity contribution in [2.24, 2.45) is 0 Å². The van der Waals surface area contributed by atoms with Gasteiger partial charge >= 0.3 is 6.18 Å². The molecule has 1 aliphatic rings. The maximum atomic E-state index is 16.8. The molecule has 0 spiro atoms. The first-order valence-electron chi connectivity index (χ1n) is 25.0. The zero-order valence-electron chi connectivity index (χ0n) is 43.5. The number of hydrogen-bond donors (Lipinski definition) is 0. The van der Waals surface area contributed by atoms with Gasteiger partial charge in [-0.2, -0.15) is 13.2 Å². The molecule has 3 heterocycles. The first-order valence-corrected chi connectivity index (χ1v) is 28.3. The van der Waals surface area contributed by atoms with E-state index in [2.05, 4.69) is 195 Å². The van der Waals surface area contributed by atoms with Gasteiger partial charge in [0, 0.05) is 73.4 Å². The fourth-order valence-electron chi connectivity index (χ4n) is 9.97. The Labute approximate surface area is 460 Å². The number of anilines is 6. The number of carbonyl (C=O) groups is 1. The number of halogens is 3. The van der Waals surface area contributed by atoms with Crippen LogP contribution in [0.4, 0.5) is 47.3 Å². The Balaban J connectivity index is 0.000000922. The summed E-state index contributed by atoms with van der Waals surface area (Å²) in [7, 11) is -0.0731. The summed E-state index contributed by atoms with van der Waals surface area (Å²) in [6, 6.07) is 72.0. The Morgan fingerprint density at radius 3 is 1.15 bits per heavy atom. The number of alkyl halides is 3. The van der Waals surface area contributed by atoms with Crippen molar-refractivity contribution >= 4 is 85.8 Å². The lowest BCUT2D eigenvalue weighted by Crippen LogP contribution is -2.37. The molecule has 2 aromatic heterocycles. The predicted molar refractivity (Wildman–Crippen MR) is 312 cm³/mol. The van der Waals surface area contributed by atoms with Gasteiger partial charge in [0.2, 0.25) is 7.14 Å². The molecule has 0 saturated heterocycles. The van der Waals surface area contributed by atoms with E-state index in [1.807, 2.05) is 48.5 Å². The van der Waals surface area contributed by atoms with E-state index in [4.69, 9.17) is 19.4 Å². The maximum Gasteiger partial charge on any atom is 0.430 e. The van der Waals surface area contributed by atoms with Crippen molar-refractivity contribution in [3.63, 3.8) is 0 Å². The molecule has 78 heavy (non-hydrogen) atoms. The van der Waals surface area contributed by atoms with E-state index >= 15 is 4.57 Å². The molecule has 10 aromatic rings. The third-order valence-corrected chi connectivity index (χ3v) is 19.6. The molecule has 13 heteroatoms. The average Bonchev–Trinajstić information content (AvgIpc) is 4.09. The number of fused-ring (bicyclic) bond motifs is 2. The molecule has 0 saturated carbocycles. The third kappa shape index (κ3) is 9.99. The van der Waals surface area contributed by atoms with Crippen molar-refractivity contribution in [1.82, 2.24) is 0 Å². The van der Waals surface area contributed by atoms with Gasteiger partial charge in [0.1, 0.15) is 21.6 Å². The number of ether oxygens (including phenoxy) is 2. The Bertz CT molecular complexity index is 3550. The minimum absolute atomic E-state index is 0.686. The Hall–Kier alpha value is -8.28. The SMILES string of the molecule is COc1cccc(OC)c1[C+]1c2sc(-c3ccc(N(c4ccccc4C)c4ccccc4C)cc3)cc2P(=O)(c2ccccc2)c2cc(-c3ccc(N(c4ccccc4C)c4ccccc4C)cc3)sc21.O=C([O-])C(F)(F)F. The fourth-order valence-corrected chi connectivity index (χ4v) is 16.3. The highest BCUT2D eigenvalue weighted by Crippen LogP contribution is 2.59. The zero-order valence-corrected chi connectivity index (χ0v) is 46.0. The second-order valence-electron chi connectivity index (χ2n) is 18.7. The van der Waals surface area contributed by atoms with Crippen LogP contribution in [0.25, 0.3) is 20.9 Å². The van der Waals surface area contributed by atoms with Crippen molar-refractivity contribution in [3.8, 4) is 32.4 Å². The van der Waals surface area contributed by atoms with E-state index < -0.39 is 19.3 Å². The zero-order chi connectivity index (χ0) is 54.9. The van der Waals surface area contributed by atoms with E-state index in [0.717, 1.165) is 92.2 Å². The fraction of sp³-hybridized carbons (Fsp3) is 0.108. The van der Waals surface area contributed by atoms with Gasteiger partial charge in [0.25, 0.3) is 0 Å². The van der Waals surface area contributed by atoms with E-state index in [1.54, 1.807) is 36.9 Å². The number of benzene rings is 8. The topological polar surface area (TPSA) is 82.1 Å². The lowest BCUT2D eigenvalue weighted by Gasteiger charge is -2.28. The lowest BCUT2D eigenvalue weighted by molar-refractivity contribution is -0.344. The number of aliphatic carboxylic acids is 1. The van der Waals surface area contributed by atoms with Crippen LogP contribution in [0.15, 0.2) is 206 Å². The third-order valence-electron chi connectivity index (χ3n) is 13.8. The molecule has 1 aliphatic heterocycles. The molecular weight excluding hydrogens is 1040 g/mol. The molecule has 0 N–H and O–H groups in total. The molecule has 0 aliphatic carbocycles. The number of carboxylic acid groups (broad SMARTS) is 1. The van der Waals surface area contributed by atoms with E-state index in [9.17, 15) is 13.2 Å². The first kappa shape index (κ1) is 53.1. The van der Waals surface area contributed by atoms with Crippen LogP contribution in [0.5, 0.6) is 11.5 Å². The van der Waals surface area contributed by atoms with Crippen LogP contribution in [0, 0.1) is 33.6 Å². The molecule has 390 valence electrons. The first-order chi connectivity index (χ1) is 37.6. The van der Waals surface area contributed by atoms with Gasteiger partial charge in [0.05, 0.1) is 24.8 Å². The number of thiophene rings is 2. The van der Waals surface area contributed by atoms with Crippen LogP contribution in [0.1, 0.15) is 37.6 Å². The van der Waals surface area contributed by atoms with Crippen molar-refractivity contribution in [3.05, 3.63) is 250 Å². The summed E-state index contributed by atoms with van der Waals surface area (Å²) in [6.07, 6.45) is -5.19. The van der Waals surface area contributed by atoms with Crippen molar-refractivity contribution in [2.75, 3.05) is 24.0 Å². The van der Waals surface area contributed by atoms with Crippen molar-refractivity contribution in [1.29, 1.82) is 0 Å². The molecule has 0 atom stereocenters. The lowest BCUT2D eigenvalue weighted by atomic mass is 9.93. The normalized spacial score (nSPS) is 12.4. The summed E-state index contributed by atoms with van der Waals surface area (Å²) in [4.78, 5) is 17.4. The van der Waals surface area contributed by atoms with Gasteiger partial charge in [-0.3, -0.25) is 4.57 Å². The van der Waals surface area contributed by atoms with Gasteiger partial charge in [-0.1, -0.05) is 115 Å². The molecule has 11 rings (SSSR count). The minimum atomic E-state index is -5.19. The highest BCUT2D eigenvalue weighted by molar-refractivity contribution is 7.86. The van der Waals surface area contributed by atoms with E-state index in [1.165, 1.54) is 22.3 Å². The van der Waals surface area contributed by atoms with Gasteiger partial charge in [-0.05, 0) is 128 Å². The second kappa shape index (κ2) is 22.0. The molecule has 0 bridgehead atoms. The van der Waals surface area contributed by atoms with Crippen LogP contribution in [0.2, 0.25) is 0 Å². The second-order valence-corrected chi connectivity index (χ2v) is 23.5. The molecule has 0 unspecified atom stereocenters. The number of aryl methyl sites for hydroxylation is 4. The number of hydrogen-bond acceptors (Lipinski definition) is 9. The van der Waals surface area contributed by atoms with Gasteiger partial charge in [-0.25, -0.2) is 0 Å². The molecule has 0 amide bonds. The van der Waals surface area contributed by atoms with Crippen LogP contribution in [-0.4, -0.2) is 26.4 Å². The molecule has 8 aromatic carbocycles. The molecule has 0 radical (unpaired) electrons. The van der Waals surface area contributed by atoms with Crippen LogP contribution in [-0.2, 0) is 9.36 Å². The van der Waals surface area contributed by atoms with Crippen LogP contribution < -0.4 is 40.3 Å². The number of carbonyl (C=O) groups excluding carboxylic acids is 1. The molecule has 0 fully saturated rings. The van der Waals surface area contributed by atoms with Gasteiger partial charge < -0.3 is 29.2 Å². The van der Waals surface area contributed by atoms with E-state index in [-0.39, 0.29) is 0 Å². The largest absolute Gasteiger partial charge is 0.542 e. The molecular formula is C65H52F3N2O5PS2. The Morgan fingerprint density at radius 2 is 0.833 bits per heavy atom. The molecule has 7 nitrogen and oxygen atoms in total. The predicted octanol–water partition coefficient (Wildman–Crippen LogP) is 15.6. The summed E-state index contributed by atoms with van der Waals surface area (Å²) < 4.78 is 60.7. The highest BCUT2D eigenvalue weighted by atomic mass is 32.1. The number of para-hydroxylation sites is 4. The van der Waals surface area contributed by atoms with Gasteiger partial charge in [0.15, 0.2) is 17.1 Å². The Kier molecular flexibility index (Phi) is 15.0. The highest BCUT2D eigenvalue weighted by Gasteiger charge is 2.52.